The molecule has 8 heteroatoms. The molecular formula is C9H16F2N2O4. The first kappa shape index (κ1) is 15.6. The average Bonchev–Trinajstić information content (AvgIpc) is 2.11. The summed E-state index contributed by atoms with van der Waals surface area (Å²) in [6, 6.07) is -0.795. The van der Waals surface area contributed by atoms with E-state index < -0.39 is 37.0 Å². The second kappa shape index (κ2) is 6.33. The van der Waals surface area contributed by atoms with Crippen molar-refractivity contribution in [3.05, 3.63) is 0 Å². The fraction of sp³-hybridized carbons (Fsp3) is 0.778. The Hall–Kier alpha value is -1.44. The Bertz CT molecular complexity index is 284. The topological polar surface area (TPSA) is 89.9 Å². The highest BCUT2D eigenvalue weighted by Gasteiger charge is 2.25. The van der Waals surface area contributed by atoms with E-state index >= 15 is 0 Å². The van der Waals surface area contributed by atoms with Gasteiger partial charge in [0.05, 0.1) is 18.6 Å². The van der Waals surface area contributed by atoms with Crippen molar-refractivity contribution in [3.63, 3.8) is 0 Å². The van der Waals surface area contributed by atoms with Crippen molar-refractivity contribution >= 4 is 12.0 Å². The Labute approximate surface area is 97.2 Å². The first-order chi connectivity index (χ1) is 7.64. The van der Waals surface area contributed by atoms with E-state index in [0.29, 0.717) is 0 Å². The van der Waals surface area contributed by atoms with E-state index in [9.17, 15) is 23.5 Å². The van der Waals surface area contributed by atoms with E-state index in [1.165, 1.54) is 14.0 Å². The number of halogens is 2. The van der Waals surface area contributed by atoms with Crippen LogP contribution in [0.1, 0.15) is 13.3 Å². The number of carboxylic acids is 1. The van der Waals surface area contributed by atoms with Gasteiger partial charge in [0.25, 0.3) is 6.43 Å². The molecule has 0 aliphatic rings. The molecule has 0 aromatic carbocycles. The van der Waals surface area contributed by atoms with Gasteiger partial charge in [0.2, 0.25) is 0 Å². The third-order valence-electron chi connectivity index (χ3n) is 1.91. The van der Waals surface area contributed by atoms with Gasteiger partial charge >= 0.3 is 12.0 Å². The van der Waals surface area contributed by atoms with Crippen molar-refractivity contribution in [1.82, 2.24) is 10.2 Å². The van der Waals surface area contributed by atoms with Crippen LogP contribution in [-0.4, -0.2) is 59.3 Å². The van der Waals surface area contributed by atoms with Gasteiger partial charge in [0.15, 0.2) is 0 Å². The second-order valence-electron chi connectivity index (χ2n) is 4.00. The lowest BCUT2D eigenvalue weighted by Crippen LogP contribution is -2.47. The average molecular weight is 254 g/mol. The van der Waals surface area contributed by atoms with Gasteiger partial charge in [-0.25, -0.2) is 13.6 Å². The van der Waals surface area contributed by atoms with E-state index in [2.05, 4.69) is 5.32 Å². The lowest BCUT2D eigenvalue weighted by molar-refractivity contribution is -0.141. The molecule has 0 radical (unpaired) electrons. The maximum absolute atomic E-state index is 11.9. The van der Waals surface area contributed by atoms with Crippen LogP contribution in [0, 0.1) is 0 Å². The molecule has 1 unspecified atom stereocenters. The van der Waals surface area contributed by atoms with Crippen molar-refractivity contribution in [2.45, 2.75) is 25.4 Å². The monoisotopic (exact) mass is 254 g/mol. The van der Waals surface area contributed by atoms with Crippen LogP contribution in [0.2, 0.25) is 0 Å². The van der Waals surface area contributed by atoms with Crippen molar-refractivity contribution < 1.29 is 28.6 Å². The van der Waals surface area contributed by atoms with E-state index in [0.717, 1.165) is 4.90 Å². The van der Waals surface area contributed by atoms with Crippen molar-refractivity contribution in [2.75, 3.05) is 20.1 Å². The number of amides is 2. The lowest BCUT2D eigenvalue weighted by Gasteiger charge is -2.24. The molecule has 17 heavy (non-hydrogen) atoms. The molecule has 3 N–H and O–H groups in total. The van der Waals surface area contributed by atoms with E-state index in [1.807, 2.05) is 0 Å². The minimum Gasteiger partial charge on any atom is -0.481 e. The first-order valence-corrected chi connectivity index (χ1v) is 4.85. The lowest BCUT2D eigenvalue weighted by atomic mass is 10.0. The number of rotatable bonds is 6. The summed E-state index contributed by atoms with van der Waals surface area (Å²) in [5.74, 6) is -1.22. The van der Waals surface area contributed by atoms with Crippen LogP contribution in [0.4, 0.5) is 13.6 Å². The van der Waals surface area contributed by atoms with Gasteiger partial charge in [-0.2, -0.15) is 0 Å². The Morgan fingerprint density at radius 1 is 1.47 bits per heavy atom. The Morgan fingerprint density at radius 2 is 2.00 bits per heavy atom. The number of aliphatic hydroxyl groups is 1. The third-order valence-corrected chi connectivity index (χ3v) is 1.91. The van der Waals surface area contributed by atoms with Crippen LogP contribution < -0.4 is 5.32 Å². The highest BCUT2D eigenvalue weighted by Crippen LogP contribution is 2.07. The minimum atomic E-state index is -2.65. The maximum Gasteiger partial charge on any atom is 0.317 e. The minimum absolute atomic E-state index is 0.328. The zero-order chi connectivity index (χ0) is 13.6. The summed E-state index contributed by atoms with van der Waals surface area (Å²) in [6.45, 7) is 0.174. The number of carboxylic acid groups (broad SMARTS) is 1. The van der Waals surface area contributed by atoms with Crippen LogP contribution in [0.15, 0.2) is 0 Å². The molecule has 6 nitrogen and oxygen atoms in total. The van der Waals surface area contributed by atoms with Gasteiger partial charge in [-0.3, -0.25) is 4.79 Å². The summed E-state index contributed by atoms with van der Waals surface area (Å²) in [5, 5.41) is 20.2. The summed E-state index contributed by atoms with van der Waals surface area (Å²) >= 11 is 0. The molecule has 0 saturated heterocycles. The molecule has 0 fully saturated rings. The molecule has 1 atom stereocenters. The van der Waals surface area contributed by atoms with Gasteiger partial charge in [0.1, 0.15) is 0 Å². The van der Waals surface area contributed by atoms with E-state index in [-0.39, 0.29) is 6.54 Å². The summed E-state index contributed by atoms with van der Waals surface area (Å²) in [5.41, 5.74) is -1.62. The van der Waals surface area contributed by atoms with Gasteiger partial charge in [-0.1, -0.05) is 0 Å². The molecule has 0 aromatic heterocycles. The molecule has 0 bridgehead atoms. The van der Waals surface area contributed by atoms with E-state index in [4.69, 9.17) is 5.11 Å². The maximum atomic E-state index is 11.9. The molecule has 0 saturated carbocycles. The number of urea groups is 1. The zero-order valence-electron chi connectivity index (χ0n) is 9.61. The van der Waals surface area contributed by atoms with Crippen LogP contribution in [-0.2, 0) is 4.79 Å². The number of alkyl halides is 2. The highest BCUT2D eigenvalue weighted by molar-refractivity contribution is 5.74. The quantitative estimate of drug-likeness (QED) is 0.628. The fourth-order valence-electron chi connectivity index (χ4n) is 1.08. The molecule has 0 aromatic rings. The van der Waals surface area contributed by atoms with Crippen molar-refractivity contribution in [2.24, 2.45) is 0 Å². The normalized spacial score (nSPS) is 14.2. The summed E-state index contributed by atoms with van der Waals surface area (Å²) in [6.07, 6.45) is -3.20. The SMILES string of the molecule is CN(CC(F)F)C(=O)NCC(C)(O)CC(=O)O. The molecular weight excluding hydrogens is 238 g/mol. The van der Waals surface area contributed by atoms with Crippen LogP contribution in [0.25, 0.3) is 0 Å². The standard InChI is InChI=1S/C9H16F2N2O4/c1-9(17,3-7(14)15)5-12-8(16)13(2)4-6(10)11/h6,17H,3-5H2,1-2H3,(H,12,16)(H,14,15). The molecule has 0 aliphatic heterocycles. The number of nitrogens with one attached hydrogen (secondary N) is 1. The molecule has 2 amide bonds. The molecule has 0 heterocycles. The predicted molar refractivity (Wildman–Crippen MR) is 54.9 cm³/mol. The van der Waals surface area contributed by atoms with Crippen LogP contribution >= 0.6 is 0 Å². The summed E-state index contributed by atoms with van der Waals surface area (Å²) in [7, 11) is 1.17. The van der Waals surface area contributed by atoms with Gasteiger partial charge < -0.3 is 20.4 Å². The second-order valence-corrected chi connectivity index (χ2v) is 4.00. The highest BCUT2D eigenvalue weighted by atomic mass is 19.3. The fourth-order valence-corrected chi connectivity index (χ4v) is 1.08. The summed E-state index contributed by atoms with van der Waals surface area (Å²) < 4.78 is 23.9. The van der Waals surface area contributed by atoms with Crippen LogP contribution in [0.3, 0.4) is 0 Å². The number of carbonyl (C=O) groups is 2. The molecule has 0 spiro atoms. The first-order valence-electron chi connectivity index (χ1n) is 4.85. The zero-order valence-corrected chi connectivity index (χ0v) is 9.61. The largest absolute Gasteiger partial charge is 0.481 e. The molecule has 0 aliphatic carbocycles. The van der Waals surface area contributed by atoms with Gasteiger partial charge in [-0.15, -0.1) is 0 Å². The Balaban J connectivity index is 4.10. The van der Waals surface area contributed by atoms with Crippen molar-refractivity contribution in [1.29, 1.82) is 0 Å². The number of carbonyl (C=O) groups excluding carboxylic acids is 1. The Kier molecular flexibility index (Phi) is 5.80. The van der Waals surface area contributed by atoms with Crippen molar-refractivity contribution in [3.8, 4) is 0 Å². The number of aliphatic carboxylic acids is 1. The number of hydrogen-bond acceptors (Lipinski definition) is 3. The number of nitrogens with zero attached hydrogens (tertiary/aromatic N) is 1. The van der Waals surface area contributed by atoms with E-state index in [1.54, 1.807) is 0 Å². The summed E-state index contributed by atoms with van der Waals surface area (Å²) in [4.78, 5) is 22.3. The van der Waals surface area contributed by atoms with Gasteiger partial charge in [-0.05, 0) is 6.92 Å². The third kappa shape index (κ3) is 7.45. The van der Waals surface area contributed by atoms with Gasteiger partial charge in [0, 0.05) is 13.6 Å². The predicted octanol–water partition coefficient (Wildman–Crippen LogP) is 0.119. The smallest absolute Gasteiger partial charge is 0.317 e. The molecule has 100 valence electrons. The number of hydrogen-bond donors (Lipinski definition) is 3. The molecule has 0 rings (SSSR count). The van der Waals surface area contributed by atoms with Crippen LogP contribution in [0.5, 0.6) is 0 Å². The Morgan fingerprint density at radius 3 is 2.41 bits per heavy atom.